The maximum Gasteiger partial charge on any atom is 0.246 e. The molecule has 0 saturated carbocycles. The van der Waals surface area contributed by atoms with Crippen LogP contribution < -0.4 is 0 Å². The van der Waals surface area contributed by atoms with Gasteiger partial charge >= 0.3 is 0 Å². The second-order valence-electron chi connectivity index (χ2n) is 4.59. The predicted molar refractivity (Wildman–Crippen MR) is 67.5 cm³/mol. The number of nitrogens with zero attached hydrogens (tertiary/aromatic N) is 1. The lowest BCUT2D eigenvalue weighted by Crippen LogP contribution is -2.52. The Kier molecular flexibility index (Phi) is 3.29. The lowest BCUT2D eigenvalue weighted by atomic mass is 10.1. The number of hydrogen-bond acceptors (Lipinski definition) is 2. The molecule has 0 spiro atoms. The van der Waals surface area contributed by atoms with E-state index in [1.807, 2.05) is 32.1 Å². The molecule has 1 N–H and O–H groups in total. The summed E-state index contributed by atoms with van der Waals surface area (Å²) in [6.07, 6.45) is 3.07. The first-order chi connectivity index (χ1) is 8.06. The fourth-order valence-electron chi connectivity index (χ4n) is 1.91. The van der Waals surface area contributed by atoms with E-state index in [9.17, 15) is 4.79 Å². The SMILES string of the molecule is Cc1ccc(C=CC(=O)N2CC(O)C2)c(C)c1. The Morgan fingerprint density at radius 2 is 2.12 bits per heavy atom. The average molecular weight is 231 g/mol. The van der Waals surface area contributed by atoms with E-state index >= 15 is 0 Å². The Bertz CT molecular complexity index is 459. The molecule has 0 unspecified atom stereocenters. The van der Waals surface area contributed by atoms with Gasteiger partial charge in [-0.15, -0.1) is 0 Å². The number of carbonyl (C=O) groups is 1. The monoisotopic (exact) mass is 231 g/mol. The van der Waals surface area contributed by atoms with Crippen molar-refractivity contribution in [1.82, 2.24) is 4.90 Å². The molecule has 17 heavy (non-hydrogen) atoms. The maximum atomic E-state index is 11.7. The number of aliphatic hydroxyl groups excluding tert-OH is 1. The number of hydrogen-bond donors (Lipinski definition) is 1. The molecule has 1 aromatic carbocycles. The van der Waals surface area contributed by atoms with Crippen molar-refractivity contribution in [3.05, 3.63) is 41.0 Å². The molecular weight excluding hydrogens is 214 g/mol. The van der Waals surface area contributed by atoms with Gasteiger partial charge in [0.05, 0.1) is 6.10 Å². The van der Waals surface area contributed by atoms with Gasteiger partial charge in [0.1, 0.15) is 0 Å². The van der Waals surface area contributed by atoms with E-state index in [2.05, 4.69) is 6.07 Å². The smallest absolute Gasteiger partial charge is 0.246 e. The quantitative estimate of drug-likeness (QED) is 0.784. The van der Waals surface area contributed by atoms with Crippen LogP contribution in [0, 0.1) is 13.8 Å². The topological polar surface area (TPSA) is 40.5 Å². The second kappa shape index (κ2) is 4.72. The van der Waals surface area contributed by atoms with Crippen LogP contribution in [0.25, 0.3) is 6.08 Å². The minimum absolute atomic E-state index is 0.0322. The van der Waals surface area contributed by atoms with E-state index in [4.69, 9.17) is 5.11 Å². The Hall–Kier alpha value is -1.61. The van der Waals surface area contributed by atoms with E-state index in [1.54, 1.807) is 11.0 Å². The van der Waals surface area contributed by atoms with Gasteiger partial charge < -0.3 is 10.0 Å². The molecule has 3 nitrogen and oxygen atoms in total. The first-order valence-electron chi connectivity index (χ1n) is 5.78. The molecule has 1 aromatic rings. The maximum absolute atomic E-state index is 11.7. The number of rotatable bonds is 2. The van der Waals surface area contributed by atoms with Crippen molar-refractivity contribution in [2.75, 3.05) is 13.1 Å². The van der Waals surface area contributed by atoms with Crippen molar-refractivity contribution in [3.8, 4) is 0 Å². The van der Waals surface area contributed by atoms with E-state index in [1.165, 1.54) is 5.56 Å². The molecule has 0 aromatic heterocycles. The summed E-state index contributed by atoms with van der Waals surface area (Å²) in [7, 11) is 0. The molecule has 0 bridgehead atoms. The van der Waals surface area contributed by atoms with Crippen LogP contribution >= 0.6 is 0 Å². The van der Waals surface area contributed by atoms with Gasteiger partial charge in [0.2, 0.25) is 5.91 Å². The molecule has 1 heterocycles. The van der Waals surface area contributed by atoms with Crippen LogP contribution in [0.5, 0.6) is 0 Å². The zero-order valence-corrected chi connectivity index (χ0v) is 10.2. The van der Waals surface area contributed by atoms with Gasteiger partial charge in [0.25, 0.3) is 0 Å². The van der Waals surface area contributed by atoms with Crippen molar-refractivity contribution < 1.29 is 9.90 Å². The molecular formula is C14H17NO2. The van der Waals surface area contributed by atoms with Crippen LogP contribution in [-0.4, -0.2) is 35.1 Å². The first-order valence-corrected chi connectivity index (χ1v) is 5.78. The molecule has 1 fully saturated rings. The van der Waals surface area contributed by atoms with Gasteiger partial charge in [-0.3, -0.25) is 4.79 Å². The van der Waals surface area contributed by atoms with Crippen LogP contribution in [0.2, 0.25) is 0 Å². The minimum atomic E-state index is -0.339. The number of β-amino-alcohol motifs (C(OH)–C–C–N with tert-alkyl or cyclic N) is 1. The number of carbonyl (C=O) groups excluding carboxylic acids is 1. The second-order valence-corrected chi connectivity index (χ2v) is 4.59. The summed E-state index contributed by atoms with van der Waals surface area (Å²) in [6, 6.07) is 6.14. The fraction of sp³-hybridized carbons (Fsp3) is 0.357. The Labute approximate surface area is 101 Å². The minimum Gasteiger partial charge on any atom is -0.389 e. The van der Waals surface area contributed by atoms with Crippen molar-refractivity contribution in [2.45, 2.75) is 20.0 Å². The Morgan fingerprint density at radius 3 is 2.71 bits per heavy atom. The molecule has 1 saturated heterocycles. The van der Waals surface area contributed by atoms with Crippen LogP contribution in [0.15, 0.2) is 24.3 Å². The fourth-order valence-corrected chi connectivity index (χ4v) is 1.91. The zero-order valence-electron chi connectivity index (χ0n) is 10.2. The van der Waals surface area contributed by atoms with Crippen LogP contribution in [-0.2, 0) is 4.79 Å². The van der Waals surface area contributed by atoms with Gasteiger partial charge in [-0.2, -0.15) is 0 Å². The molecule has 0 atom stereocenters. The summed E-state index contributed by atoms with van der Waals surface area (Å²) in [4.78, 5) is 13.3. The molecule has 3 heteroatoms. The number of amides is 1. The highest BCUT2D eigenvalue weighted by Crippen LogP contribution is 2.13. The summed E-state index contributed by atoms with van der Waals surface area (Å²) in [5, 5.41) is 9.11. The van der Waals surface area contributed by atoms with E-state index in [0.717, 1.165) is 11.1 Å². The highest BCUT2D eigenvalue weighted by Gasteiger charge is 2.26. The Balaban J connectivity index is 2.02. The summed E-state index contributed by atoms with van der Waals surface area (Å²) in [6.45, 7) is 4.99. The number of aryl methyl sites for hydroxylation is 2. The van der Waals surface area contributed by atoms with Crippen molar-refractivity contribution in [2.24, 2.45) is 0 Å². The number of aliphatic hydroxyl groups is 1. The number of benzene rings is 1. The van der Waals surface area contributed by atoms with E-state index < -0.39 is 0 Å². The molecule has 1 aliphatic rings. The first kappa shape index (κ1) is 11.9. The van der Waals surface area contributed by atoms with Gasteiger partial charge in [-0.05, 0) is 31.1 Å². The highest BCUT2D eigenvalue weighted by molar-refractivity contribution is 5.92. The van der Waals surface area contributed by atoms with Crippen molar-refractivity contribution in [1.29, 1.82) is 0 Å². The third-order valence-electron chi connectivity index (χ3n) is 3.00. The molecule has 2 rings (SSSR count). The average Bonchev–Trinajstić information content (AvgIpc) is 2.23. The van der Waals surface area contributed by atoms with Crippen molar-refractivity contribution >= 4 is 12.0 Å². The standard InChI is InChI=1S/C14H17NO2/c1-10-3-4-12(11(2)7-10)5-6-14(17)15-8-13(16)9-15/h3-7,13,16H,8-9H2,1-2H3. The molecule has 1 aliphatic heterocycles. The third-order valence-corrected chi connectivity index (χ3v) is 3.00. The summed E-state index contributed by atoms with van der Waals surface area (Å²) in [5.74, 6) is -0.0322. The normalized spacial score (nSPS) is 16.3. The summed E-state index contributed by atoms with van der Waals surface area (Å²) < 4.78 is 0. The van der Waals surface area contributed by atoms with Gasteiger partial charge in [-0.25, -0.2) is 0 Å². The lowest BCUT2D eigenvalue weighted by molar-refractivity contribution is -0.135. The van der Waals surface area contributed by atoms with Crippen LogP contribution in [0.1, 0.15) is 16.7 Å². The number of likely N-dealkylation sites (tertiary alicyclic amines) is 1. The molecule has 0 radical (unpaired) electrons. The molecule has 90 valence electrons. The van der Waals surface area contributed by atoms with Crippen LogP contribution in [0.4, 0.5) is 0 Å². The lowest BCUT2D eigenvalue weighted by Gasteiger charge is -2.34. The zero-order chi connectivity index (χ0) is 12.4. The van der Waals surface area contributed by atoms with Crippen molar-refractivity contribution in [3.63, 3.8) is 0 Å². The van der Waals surface area contributed by atoms with E-state index in [-0.39, 0.29) is 12.0 Å². The summed E-state index contributed by atoms with van der Waals surface area (Å²) in [5.41, 5.74) is 3.44. The summed E-state index contributed by atoms with van der Waals surface area (Å²) >= 11 is 0. The van der Waals surface area contributed by atoms with Gasteiger partial charge in [0.15, 0.2) is 0 Å². The Morgan fingerprint density at radius 1 is 1.41 bits per heavy atom. The van der Waals surface area contributed by atoms with Gasteiger partial charge in [0, 0.05) is 19.2 Å². The van der Waals surface area contributed by atoms with Gasteiger partial charge in [-0.1, -0.05) is 23.8 Å². The largest absolute Gasteiger partial charge is 0.389 e. The third kappa shape index (κ3) is 2.74. The molecule has 0 aliphatic carbocycles. The van der Waals surface area contributed by atoms with Crippen LogP contribution in [0.3, 0.4) is 0 Å². The van der Waals surface area contributed by atoms with E-state index in [0.29, 0.717) is 13.1 Å². The highest BCUT2D eigenvalue weighted by atomic mass is 16.3. The predicted octanol–water partition coefficient (Wildman–Crippen LogP) is 1.52. The molecule has 1 amide bonds.